The number of nitrogens with zero attached hydrogens (tertiary/aromatic N) is 1. The standard InChI is InChI=1S/C19H19NO3/c1-3-23-18(21)11-13-8-9-17-16(10-13)19(22)15-7-5-4-6-14(15)12-20(17)2/h4-10H,3,11-12H2,1-2H3. The van der Waals surface area contributed by atoms with E-state index < -0.39 is 0 Å². The van der Waals surface area contributed by atoms with Crippen LogP contribution in [0.5, 0.6) is 0 Å². The molecule has 2 aromatic rings. The number of hydrogen-bond acceptors (Lipinski definition) is 4. The molecule has 0 bridgehead atoms. The highest BCUT2D eigenvalue weighted by Gasteiger charge is 2.24. The van der Waals surface area contributed by atoms with E-state index in [-0.39, 0.29) is 18.2 Å². The monoisotopic (exact) mass is 309 g/mol. The van der Waals surface area contributed by atoms with E-state index in [1.807, 2.05) is 49.5 Å². The van der Waals surface area contributed by atoms with Crippen LogP contribution in [0.4, 0.5) is 5.69 Å². The molecule has 0 aliphatic carbocycles. The van der Waals surface area contributed by atoms with Gasteiger partial charge in [0.1, 0.15) is 0 Å². The van der Waals surface area contributed by atoms with Gasteiger partial charge in [-0.2, -0.15) is 0 Å². The minimum atomic E-state index is -0.276. The first-order chi connectivity index (χ1) is 11.1. The Balaban J connectivity index is 2.01. The van der Waals surface area contributed by atoms with Gasteiger partial charge >= 0.3 is 5.97 Å². The highest BCUT2D eigenvalue weighted by molar-refractivity contribution is 6.14. The molecule has 0 fully saturated rings. The van der Waals surface area contributed by atoms with Crippen LogP contribution >= 0.6 is 0 Å². The van der Waals surface area contributed by atoms with Crippen molar-refractivity contribution in [1.82, 2.24) is 0 Å². The molecule has 0 unspecified atom stereocenters. The number of rotatable bonds is 3. The predicted octanol–water partition coefficient (Wildman–Crippen LogP) is 2.97. The van der Waals surface area contributed by atoms with Gasteiger partial charge < -0.3 is 9.64 Å². The number of benzene rings is 2. The van der Waals surface area contributed by atoms with E-state index in [1.165, 1.54) is 0 Å². The van der Waals surface area contributed by atoms with Crippen LogP contribution in [0, 0.1) is 0 Å². The van der Waals surface area contributed by atoms with Crippen LogP contribution in [0.1, 0.15) is 34.0 Å². The first-order valence-corrected chi connectivity index (χ1v) is 7.72. The summed E-state index contributed by atoms with van der Waals surface area (Å²) >= 11 is 0. The number of esters is 1. The van der Waals surface area contributed by atoms with E-state index in [2.05, 4.69) is 4.90 Å². The third-order valence-corrected chi connectivity index (χ3v) is 4.04. The van der Waals surface area contributed by atoms with Crippen LogP contribution in [-0.4, -0.2) is 25.4 Å². The van der Waals surface area contributed by atoms with E-state index in [0.29, 0.717) is 18.7 Å². The topological polar surface area (TPSA) is 46.6 Å². The van der Waals surface area contributed by atoms with Gasteiger partial charge in [0.25, 0.3) is 0 Å². The second kappa shape index (κ2) is 6.24. The van der Waals surface area contributed by atoms with E-state index in [0.717, 1.165) is 22.4 Å². The van der Waals surface area contributed by atoms with E-state index in [4.69, 9.17) is 4.74 Å². The molecule has 3 rings (SSSR count). The van der Waals surface area contributed by atoms with Crippen molar-refractivity contribution in [2.75, 3.05) is 18.6 Å². The second-order valence-corrected chi connectivity index (χ2v) is 5.68. The third-order valence-electron chi connectivity index (χ3n) is 4.04. The van der Waals surface area contributed by atoms with Crippen LogP contribution in [0.15, 0.2) is 42.5 Å². The van der Waals surface area contributed by atoms with Gasteiger partial charge in [-0.15, -0.1) is 0 Å². The van der Waals surface area contributed by atoms with Crippen LogP contribution in [-0.2, 0) is 22.5 Å². The molecule has 0 amide bonds. The highest BCUT2D eigenvalue weighted by Crippen LogP contribution is 2.30. The second-order valence-electron chi connectivity index (χ2n) is 5.68. The summed E-state index contributed by atoms with van der Waals surface area (Å²) in [4.78, 5) is 26.6. The van der Waals surface area contributed by atoms with E-state index in [9.17, 15) is 9.59 Å². The van der Waals surface area contributed by atoms with Gasteiger partial charge in [0.15, 0.2) is 5.78 Å². The first kappa shape index (κ1) is 15.3. The fourth-order valence-electron chi connectivity index (χ4n) is 2.95. The molecule has 2 aromatic carbocycles. The minimum absolute atomic E-state index is 0.00524. The molecule has 1 heterocycles. The van der Waals surface area contributed by atoms with Gasteiger partial charge in [0.05, 0.1) is 13.0 Å². The summed E-state index contributed by atoms with van der Waals surface area (Å²) in [7, 11) is 1.97. The number of ketones is 1. The normalized spacial score (nSPS) is 13.1. The van der Waals surface area contributed by atoms with Gasteiger partial charge in [-0.3, -0.25) is 9.59 Å². The zero-order chi connectivity index (χ0) is 16.4. The molecule has 0 saturated heterocycles. The predicted molar refractivity (Wildman–Crippen MR) is 88.8 cm³/mol. The van der Waals surface area contributed by atoms with E-state index >= 15 is 0 Å². The largest absolute Gasteiger partial charge is 0.466 e. The lowest BCUT2D eigenvalue weighted by molar-refractivity contribution is -0.142. The highest BCUT2D eigenvalue weighted by atomic mass is 16.5. The van der Waals surface area contributed by atoms with Gasteiger partial charge in [-0.05, 0) is 30.2 Å². The Morgan fingerprint density at radius 3 is 2.74 bits per heavy atom. The third kappa shape index (κ3) is 2.97. The molecule has 0 aromatic heterocycles. The summed E-state index contributed by atoms with van der Waals surface area (Å²) in [5.41, 5.74) is 4.07. The van der Waals surface area contributed by atoms with Gasteiger partial charge in [-0.25, -0.2) is 0 Å². The van der Waals surface area contributed by atoms with Crippen molar-refractivity contribution in [2.24, 2.45) is 0 Å². The molecular weight excluding hydrogens is 290 g/mol. The molecule has 118 valence electrons. The number of carbonyl (C=O) groups excluding carboxylic acids is 2. The average molecular weight is 309 g/mol. The Labute approximate surface area is 135 Å². The summed E-state index contributed by atoms with van der Waals surface area (Å²) < 4.78 is 4.98. The molecule has 0 N–H and O–H groups in total. The molecule has 4 nitrogen and oxygen atoms in total. The Bertz CT molecular complexity index is 767. The fraction of sp³-hybridized carbons (Fsp3) is 0.263. The molecule has 0 atom stereocenters. The van der Waals surface area contributed by atoms with Gasteiger partial charge in [0.2, 0.25) is 0 Å². The minimum Gasteiger partial charge on any atom is -0.466 e. The summed E-state index contributed by atoms with van der Waals surface area (Å²) in [5.74, 6) is -0.270. The zero-order valence-corrected chi connectivity index (χ0v) is 13.3. The Morgan fingerprint density at radius 1 is 1.17 bits per heavy atom. The number of carbonyl (C=O) groups is 2. The SMILES string of the molecule is CCOC(=O)Cc1ccc2c(c1)C(=O)c1ccccc1CN2C. The maximum absolute atomic E-state index is 12.9. The Morgan fingerprint density at radius 2 is 1.96 bits per heavy atom. The Kier molecular flexibility index (Phi) is 4.15. The van der Waals surface area contributed by atoms with Crippen LogP contribution < -0.4 is 4.90 Å². The molecule has 1 aliphatic heterocycles. The van der Waals surface area contributed by atoms with Crippen molar-refractivity contribution in [3.63, 3.8) is 0 Å². The fourth-order valence-corrected chi connectivity index (χ4v) is 2.95. The van der Waals surface area contributed by atoms with E-state index in [1.54, 1.807) is 6.92 Å². The molecule has 4 heteroatoms. The molecule has 0 spiro atoms. The van der Waals surface area contributed by atoms with Crippen molar-refractivity contribution < 1.29 is 14.3 Å². The quantitative estimate of drug-likeness (QED) is 0.818. The van der Waals surface area contributed by atoms with Gasteiger partial charge in [-0.1, -0.05) is 30.3 Å². The molecule has 1 aliphatic rings. The van der Waals surface area contributed by atoms with Crippen molar-refractivity contribution in [2.45, 2.75) is 19.9 Å². The molecule has 0 saturated carbocycles. The number of hydrogen-bond donors (Lipinski definition) is 0. The Hall–Kier alpha value is -2.62. The summed E-state index contributed by atoms with van der Waals surface area (Å²) in [6, 6.07) is 13.3. The molecule has 0 radical (unpaired) electrons. The van der Waals surface area contributed by atoms with Crippen LogP contribution in [0.2, 0.25) is 0 Å². The summed E-state index contributed by atoms with van der Waals surface area (Å²) in [6.07, 6.45) is 0.180. The van der Waals surface area contributed by atoms with Gasteiger partial charge in [0, 0.05) is 30.4 Å². The van der Waals surface area contributed by atoms with Crippen LogP contribution in [0.25, 0.3) is 0 Å². The molecular formula is C19H19NO3. The summed E-state index contributed by atoms with van der Waals surface area (Å²) in [5, 5.41) is 0. The maximum Gasteiger partial charge on any atom is 0.310 e. The lowest BCUT2D eigenvalue weighted by Gasteiger charge is -2.19. The van der Waals surface area contributed by atoms with Crippen molar-refractivity contribution in [3.05, 3.63) is 64.7 Å². The van der Waals surface area contributed by atoms with Crippen molar-refractivity contribution >= 4 is 17.4 Å². The smallest absolute Gasteiger partial charge is 0.310 e. The van der Waals surface area contributed by atoms with Crippen LogP contribution in [0.3, 0.4) is 0 Å². The van der Waals surface area contributed by atoms with Crippen molar-refractivity contribution in [3.8, 4) is 0 Å². The molecule has 23 heavy (non-hydrogen) atoms. The number of fused-ring (bicyclic) bond motifs is 2. The first-order valence-electron chi connectivity index (χ1n) is 7.72. The number of ether oxygens (including phenoxy) is 1. The average Bonchev–Trinajstić information content (AvgIpc) is 2.64. The lowest BCUT2D eigenvalue weighted by atomic mass is 9.97. The number of anilines is 1. The maximum atomic E-state index is 12.9. The van der Waals surface area contributed by atoms with Crippen molar-refractivity contribution in [1.29, 1.82) is 0 Å². The summed E-state index contributed by atoms with van der Waals surface area (Å²) in [6.45, 7) is 2.83. The lowest BCUT2D eigenvalue weighted by Crippen LogP contribution is -2.16. The zero-order valence-electron chi connectivity index (χ0n) is 13.3.